The van der Waals surface area contributed by atoms with Gasteiger partial charge in [-0.15, -0.1) is 0 Å². The number of carbonyl (C=O) groups excluding carboxylic acids is 1. The Bertz CT molecular complexity index is 263. The van der Waals surface area contributed by atoms with Gasteiger partial charge in [-0.05, 0) is 25.7 Å². The first-order valence-corrected chi connectivity index (χ1v) is 6.31. The highest BCUT2D eigenvalue weighted by Gasteiger charge is 2.30. The number of hydrogen-bond donors (Lipinski definition) is 4. The molecule has 1 saturated heterocycles. The number of thiol groups is 1. The van der Waals surface area contributed by atoms with Gasteiger partial charge < -0.3 is 5.32 Å². The van der Waals surface area contributed by atoms with E-state index in [4.69, 9.17) is 0 Å². The van der Waals surface area contributed by atoms with Crippen LogP contribution in [-0.2, 0) is 4.79 Å². The minimum absolute atomic E-state index is 0.0481. The van der Waals surface area contributed by atoms with Gasteiger partial charge in [0.1, 0.15) is 6.04 Å². The molecule has 92 valence electrons. The summed E-state index contributed by atoms with van der Waals surface area (Å²) in [6, 6.07) is 0.700. The highest BCUT2D eigenvalue weighted by Crippen LogP contribution is 2.19. The lowest BCUT2D eigenvalue weighted by molar-refractivity contribution is -0.123. The third kappa shape index (κ3) is 2.88. The van der Waals surface area contributed by atoms with E-state index < -0.39 is 0 Å². The van der Waals surface area contributed by atoms with Gasteiger partial charge in [-0.25, -0.2) is 10.4 Å². The number of nitrogens with one attached hydrogen (secondary N) is 3. The van der Waals surface area contributed by atoms with Crippen LogP contribution in [0.25, 0.3) is 0 Å². The molecule has 0 spiro atoms. The van der Waals surface area contributed by atoms with Gasteiger partial charge in [-0.2, -0.15) is 0 Å². The van der Waals surface area contributed by atoms with E-state index in [1.807, 2.05) is 12.1 Å². The molecule has 2 fully saturated rings. The summed E-state index contributed by atoms with van der Waals surface area (Å²) in [6.07, 6.45) is 4.01. The van der Waals surface area contributed by atoms with Crippen LogP contribution in [0.2, 0.25) is 0 Å². The molecule has 3 atom stereocenters. The first-order valence-electron chi connectivity index (χ1n) is 5.86. The molecule has 1 aliphatic heterocycles. The fraction of sp³-hybridized carbons (Fsp3) is 0.900. The van der Waals surface area contributed by atoms with Crippen LogP contribution in [0.4, 0.5) is 0 Å². The van der Waals surface area contributed by atoms with E-state index in [-0.39, 0.29) is 11.9 Å². The molecule has 1 aliphatic carbocycles. The van der Waals surface area contributed by atoms with Crippen molar-refractivity contribution in [3.05, 3.63) is 0 Å². The van der Waals surface area contributed by atoms with Crippen molar-refractivity contribution in [1.29, 1.82) is 0 Å². The Balaban J connectivity index is 1.75. The van der Waals surface area contributed by atoms with Crippen LogP contribution < -0.4 is 15.5 Å². The quantitative estimate of drug-likeness (QED) is 0.513. The van der Waals surface area contributed by atoms with Crippen LogP contribution in [0.15, 0.2) is 0 Å². The van der Waals surface area contributed by atoms with Crippen molar-refractivity contribution in [2.45, 2.75) is 43.8 Å². The monoisotopic (exact) mass is 244 g/mol. The number of hydrogen-bond acceptors (Lipinski definition) is 5. The second-order valence-electron chi connectivity index (χ2n) is 4.74. The maximum Gasteiger partial charge on any atom is 0.238 e. The number of carbonyl (C=O) groups is 1. The lowest BCUT2D eigenvalue weighted by atomic mass is 10.2. The van der Waals surface area contributed by atoms with Gasteiger partial charge in [-0.3, -0.25) is 9.52 Å². The summed E-state index contributed by atoms with van der Waals surface area (Å²) < 4.78 is 2.96. The van der Waals surface area contributed by atoms with E-state index in [0.29, 0.717) is 12.1 Å². The second kappa shape index (κ2) is 5.35. The first kappa shape index (κ1) is 12.2. The Labute approximate surface area is 102 Å². The molecular formula is C10H20N4OS. The standard InChI is InChI=1S/C10H20N4OS/c1-14-5-4-9(12-14)10(15)11-7-2-3-8(6-7)13-16/h7-9,12-13,16H,2-6H2,1H3,(H,11,15). The number of rotatable bonds is 3. The molecule has 3 unspecified atom stereocenters. The van der Waals surface area contributed by atoms with Crippen molar-refractivity contribution in [3.63, 3.8) is 0 Å². The number of hydrazine groups is 1. The summed E-state index contributed by atoms with van der Waals surface area (Å²) in [6.45, 7) is 0.934. The number of amides is 1. The van der Waals surface area contributed by atoms with Gasteiger partial charge >= 0.3 is 0 Å². The summed E-state index contributed by atoms with van der Waals surface area (Å²) in [5.74, 6) is 0.133. The smallest absolute Gasteiger partial charge is 0.238 e. The van der Waals surface area contributed by atoms with Gasteiger partial charge in [0, 0.05) is 25.7 Å². The fourth-order valence-electron chi connectivity index (χ4n) is 2.44. The van der Waals surface area contributed by atoms with Crippen LogP contribution in [0.5, 0.6) is 0 Å². The molecule has 0 aromatic carbocycles. The van der Waals surface area contributed by atoms with Crippen LogP contribution in [0.1, 0.15) is 25.7 Å². The highest BCUT2D eigenvalue weighted by molar-refractivity contribution is 7.78. The Hall–Kier alpha value is -0.300. The highest BCUT2D eigenvalue weighted by atomic mass is 32.1. The maximum atomic E-state index is 11.9. The molecule has 6 heteroatoms. The van der Waals surface area contributed by atoms with E-state index in [2.05, 4.69) is 28.3 Å². The Morgan fingerprint density at radius 3 is 2.69 bits per heavy atom. The Morgan fingerprint density at radius 2 is 2.12 bits per heavy atom. The molecule has 0 bridgehead atoms. The van der Waals surface area contributed by atoms with Gasteiger partial charge in [0.2, 0.25) is 5.91 Å². The minimum Gasteiger partial charge on any atom is -0.352 e. The van der Waals surface area contributed by atoms with E-state index >= 15 is 0 Å². The van der Waals surface area contributed by atoms with Crippen LogP contribution in [0, 0.1) is 0 Å². The Morgan fingerprint density at radius 1 is 1.38 bits per heavy atom. The molecule has 3 N–H and O–H groups in total. The van der Waals surface area contributed by atoms with Gasteiger partial charge in [0.25, 0.3) is 0 Å². The van der Waals surface area contributed by atoms with Crippen molar-refractivity contribution < 1.29 is 4.79 Å². The molecular weight excluding hydrogens is 224 g/mol. The topological polar surface area (TPSA) is 56.4 Å². The molecule has 2 rings (SSSR count). The fourth-order valence-corrected chi connectivity index (χ4v) is 2.67. The molecule has 2 aliphatic rings. The maximum absolute atomic E-state index is 11.9. The summed E-state index contributed by atoms with van der Waals surface area (Å²) in [7, 11) is 1.96. The van der Waals surface area contributed by atoms with E-state index in [9.17, 15) is 4.79 Å². The molecule has 0 radical (unpaired) electrons. The minimum atomic E-state index is -0.0481. The Kier molecular flexibility index (Phi) is 4.07. The lowest BCUT2D eigenvalue weighted by Crippen LogP contribution is -2.46. The zero-order valence-electron chi connectivity index (χ0n) is 9.57. The van der Waals surface area contributed by atoms with Crippen molar-refractivity contribution in [1.82, 2.24) is 20.5 Å². The summed E-state index contributed by atoms with van der Waals surface area (Å²) in [4.78, 5) is 11.9. The molecule has 5 nitrogen and oxygen atoms in total. The predicted octanol–water partition coefficient (Wildman–Crippen LogP) is -0.333. The third-order valence-corrected chi connectivity index (χ3v) is 3.77. The van der Waals surface area contributed by atoms with Crippen molar-refractivity contribution in [2.24, 2.45) is 0 Å². The van der Waals surface area contributed by atoms with E-state index in [0.717, 1.165) is 32.2 Å². The van der Waals surface area contributed by atoms with Crippen LogP contribution in [-0.4, -0.2) is 42.6 Å². The van der Waals surface area contributed by atoms with Gasteiger partial charge in [-0.1, -0.05) is 12.8 Å². The molecule has 1 saturated carbocycles. The van der Waals surface area contributed by atoms with Crippen LogP contribution >= 0.6 is 12.8 Å². The third-order valence-electron chi connectivity index (χ3n) is 3.41. The lowest BCUT2D eigenvalue weighted by Gasteiger charge is -2.17. The second-order valence-corrected chi connectivity index (χ2v) is 4.99. The number of nitrogens with zero attached hydrogens (tertiary/aromatic N) is 1. The summed E-state index contributed by atoms with van der Waals surface area (Å²) >= 11 is 4.06. The van der Waals surface area contributed by atoms with Crippen molar-refractivity contribution in [3.8, 4) is 0 Å². The summed E-state index contributed by atoms with van der Waals surface area (Å²) in [5, 5.41) is 5.07. The predicted molar refractivity (Wildman–Crippen MR) is 65.9 cm³/mol. The molecule has 1 amide bonds. The largest absolute Gasteiger partial charge is 0.352 e. The molecule has 0 aromatic heterocycles. The van der Waals surface area contributed by atoms with Gasteiger partial charge in [0.05, 0.1) is 0 Å². The first-order chi connectivity index (χ1) is 7.69. The normalized spacial score (nSPS) is 35.5. The van der Waals surface area contributed by atoms with E-state index in [1.54, 1.807) is 0 Å². The van der Waals surface area contributed by atoms with Crippen molar-refractivity contribution in [2.75, 3.05) is 13.6 Å². The molecule has 1 heterocycles. The van der Waals surface area contributed by atoms with E-state index in [1.165, 1.54) is 0 Å². The van der Waals surface area contributed by atoms with Crippen LogP contribution in [0.3, 0.4) is 0 Å². The zero-order valence-corrected chi connectivity index (χ0v) is 10.5. The average Bonchev–Trinajstić information content (AvgIpc) is 2.87. The molecule has 0 aromatic rings. The molecule has 16 heavy (non-hydrogen) atoms. The van der Waals surface area contributed by atoms with Gasteiger partial charge in [0.15, 0.2) is 0 Å². The van der Waals surface area contributed by atoms with Crippen molar-refractivity contribution >= 4 is 18.7 Å². The zero-order chi connectivity index (χ0) is 11.5. The summed E-state index contributed by atoms with van der Waals surface area (Å²) in [5.41, 5.74) is 3.14. The average molecular weight is 244 g/mol. The SMILES string of the molecule is CN1CCC(C(=O)NC2CCC(NS)C2)N1.